The lowest BCUT2D eigenvalue weighted by molar-refractivity contribution is 0.804. The maximum absolute atomic E-state index is 5.85. The summed E-state index contributed by atoms with van der Waals surface area (Å²) >= 11 is 1.67. The highest BCUT2D eigenvalue weighted by Crippen LogP contribution is 2.31. The van der Waals surface area contributed by atoms with Crippen molar-refractivity contribution in [3.8, 4) is 16.3 Å². The molecule has 4 rings (SSSR count). The van der Waals surface area contributed by atoms with E-state index in [9.17, 15) is 0 Å². The zero-order chi connectivity index (χ0) is 14.9. The zero-order valence-corrected chi connectivity index (χ0v) is 12.6. The van der Waals surface area contributed by atoms with E-state index < -0.39 is 0 Å². The van der Waals surface area contributed by atoms with Crippen LogP contribution in [-0.2, 0) is 6.54 Å². The van der Waals surface area contributed by atoms with Gasteiger partial charge in [-0.3, -0.25) is 0 Å². The molecule has 0 saturated carbocycles. The number of aromatic nitrogens is 3. The first-order valence-corrected chi connectivity index (χ1v) is 7.93. The molecule has 0 bridgehead atoms. The van der Waals surface area contributed by atoms with Gasteiger partial charge in [0.25, 0.3) is 0 Å². The molecule has 5 heteroatoms. The van der Waals surface area contributed by atoms with E-state index >= 15 is 0 Å². The Hall–Kier alpha value is -2.50. The van der Waals surface area contributed by atoms with Gasteiger partial charge in [0.1, 0.15) is 11.4 Å². The van der Waals surface area contributed by atoms with Gasteiger partial charge in [0.15, 0.2) is 0 Å². The second-order valence-electron chi connectivity index (χ2n) is 4.98. The first-order chi connectivity index (χ1) is 10.9. The summed E-state index contributed by atoms with van der Waals surface area (Å²) in [5.74, 6) is 0. The lowest BCUT2D eigenvalue weighted by atomic mass is 10.1. The number of nitrogens with two attached hydrogens (primary N) is 1. The zero-order valence-electron chi connectivity index (χ0n) is 11.8. The van der Waals surface area contributed by atoms with Gasteiger partial charge in [0.05, 0.1) is 10.6 Å². The van der Waals surface area contributed by atoms with E-state index in [1.165, 1.54) is 5.39 Å². The van der Waals surface area contributed by atoms with E-state index in [0.29, 0.717) is 6.54 Å². The molecule has 2 N–H and O–H groups in total. The van der Waals surface area contributed by atoms with Crippen LogP contribution in [0.1, 0.15) is 5.69 Å². The molecule has 0 aliphatic carbocycles. The van der Waals surface area contributed by atoms with E-state index in [-0.39, 0.29) is 0 Å². The smallest absolute Gasteiger partial charge is 0.109 e. The molecule has 0 aliphatic rings. The molecule has 2 aromatic carbocycles. The minimum Gasteiger partial charge on any atom is -0.325 e. The normalized spacial score (nSPS) is 11.1. The predicted octanol–water partition coefficient (Wildman–Crippen LogP) is 3.61. The van der Waals surface area contributed by atoms with Gasteiger partial charge in [0.2, 0.25) is 0 Å². The highest BCUT2D eigenvalue weighted by Gasteiger charge is 2.17. The Balaban J connectivity index is 2.02. The Kier molecular flexibility index (Phi) is 3.21. The molecule has 0 saturated heterocycles. The molecule has 0 fully saturated rings. The van der Waals surface area contributed by atoms with Crippen LogP contribution in [0.25, 0.3) is 27.0 Å². The third-order valence-corrected chi connectivity index (χ3v) is 4.56. The maximum Gasteiger partial charge on any atom is 0.109 e. The quantitative estimate of drug-likeness (QED) is 0.629. The number of rotatable bonds is 3. The Bertz CT molecular complexity index is 920. The molecule has 4 aromatic rings. The molecule has 0 amide bonds. The number of nitrogens with zero attached hydrogens (tertiary/aromatic N) is 3. The Morgan fingerprint density at radius 1 is 1.00 bits per heavy atom. The minimum atomic E-state index is 0.373. The molecule has 108 valence electrons. The summed E-state index contributed by atoms with van der Waals surface area (Å²) in [5.41, 5.74) is 8.67. The van der Waals surface area contributed by atoms with Crippen LogP contribution in [0.5, 0.6) is 0 Å². The summed E-state index contributed by atoms with van der Waals surface area (Å²) in [7, 11) is 0. The Labute approximate surface area is 131 Å². The van der Waals surface area contributed by atoms with Gasteiger partial charge in [-0.15, -0.1) is 16.4 Å². The highest BCUT2D eigenvalue weighted by molar-refractivity contribution is 7.13. The van der Waals surface area contributed by atoms with Gasteiger partial charge in [-0.1, -0.05) is 47.7 Å². The van der Waals surface area contributed by atoms with Crippen LogP contribution in [0.15, 0.2) is 60.0 Å². The average Bonchev–Trinajstić information content (AvgIpc) is 3.23. The molecule has 0 atom stereocenters. The Morgan fingerprint density at radius 2 is 1.86 bits per heavy atom. The number of hydrogen-bond donors (Lipinski definition) is 1. The predicted molar refractivity (Wildman–Crippen MR) is 90.1 cm³/mol. The topological polar surface area (TPSA) is 56.7 Å². The van der Waals surface area contributed by atoms with E-state index in [1.807, 2.05) is 28.9 Å². The van der Waals surface area contributed by atoms with Gasteiger partial charge in [-0.2, -0.15) is 0 Å². The summed E-state index contributed by atoms with van der Waals surface area (Å²) in [6.07, 6.45) is 0. The van der Waals surface area contributed by atoms with Crippen molar-refractivity contribution in [2.75, 3.05) is 0 Å². The summed E-state index contributed by atoms with van der Waals surface area (Å²) in [4.78, 5) is 1.12. The van der Waals surface area contributed by atoms with Crippen LogP contribution in [0, 0.1) is 0 Å². The standard InChI is InChI=1S/C17H14N4S/c18-11-14-17(16-9-4-10-22-16)21(20-19-14)15-8-3-6-12-5-1-2-7-13(12)15/h1-10H,11,18H2. The summed E-state index contributed by atoms with van der Waals surface area (Å²) in [6, 6.07) is 18.6. The van der Waals surface area contributed by atoms with Crippen molar-refractivity contribution in [3.05, 3.63) is 65.7 Å². The summed E-state index contributed by atoms with van der Waals surface area (Å²) in [6.45, 7) is 0.373. The lowest BCUT2D eigenvalue weighted by Gasteiger charge is -2.09. The first-order valence-electron chi connectivity index (χ1n) is 7.05. The average molecular weight is 306 g/mol. The molecule has 0 spiro atoms. The van der Waals surface area contributed by atoms with Crippen LogP contribution >= 0.6 is 11.3 Å². The summed E-state index contributed by atoms with van der Waals surface area (Å²) < 4.78 is 1.90. The largest absolute Gasteiger partial charge is 0.325 e. The van der Waals surface area contributed by atoms with E-state index in [2.05, 4.69) is 46.0 Å². The number of thiophene rings is 1. The SMILES string of the molecule is NCc1nnn(-c2cccc3ccccc23)c1-c1cccs1. The first kappa shape index (κ1) is 13.2. The van der Waals surface area contributed by atoms with Crippen molar-refractivity contribution in [1.29, 1.82) is 0 Å². The monoisotopic (exact) mass is 306 g/mol. The second kappa shape index (κ2) is 5.36. The van der Waals surface area contributed by atoms with Crippen molar-refractivity contribution in [2.24, 2.45) is 5.73 Å². The second-order valence-corrected chi connectivity index (χ2v) is 5.92. The fourth-order valence-corrected chi connectivity index (χ4v) is 3.45. The molecular formula is C17H14N4S. The van der Waals surface area contributed by atoms with E-state index in [4.69, 9.17) is 5.73 Å². The van der Waals surface area contributed by atoms with Gasteiger partial charge in [0, 0.05) is 11.9 Å². The number of fused-ring (bicyclic) bond motifs is 1. The fourth-order valence-electron chi connectivity index (χ4n) is 2.67. The minimum absolute atomic E-state index is 0.373. The molecular weight excluding hydrogens is 292 g/mol. The van der Waals surface area contributed by atoms with Crippen LogP contribution in [0.4, 0.5) is 0 Å². The third-order valence-electron chi connectivity index (χ3n) is 3.68. The molecule has 0 unspecified atom stereocenters. The number of benzene rings is 2. The number of hydrogen-bond acceptors (Lipinski definition) is 4. The molecule has 0 radical (unpaired) electrons. The van der Waals surface area contributed by atoms with Crippen molar-refractivity contribution in [3.63, 3.8) is 0 Å². The van der Waals surface area contributed by atoms with Crippen LogP contribution in [0.3, 0.4) is 0 Å². The fraction of sp³-hybridized carbons (Fsp3) is 0.0588. The van der Waals surface area contributed by atoms with Crippen LogP contribution < -0.4 is 5.73 Å². The molecule has 22 heavy (non-hydrogen) atoms. The lowest BCUT2D eigenvalue weighted by Crippen LogP contribution is -2.02. The van der Waals surface area contributed by atoms with Crippen molar-refractivity contribution in [1.82, 2.24) is 15.0 Å². The maximum atomic E-state index is 5.85. The molecule has 4 nitrogen and oxygen atoms in total. The van der Waals surface area contributed by atoms with E-state index in [0.717, 1.165) is 27.3 Å². The highest BCUT2D eigenvalue weighted by atomic mass is 32.1. The van der Waals surface area contributed by atoms with E-state index in [1.54, 1.807) is 11.3 Å². The van der Waals surface area contributed by atoms with Gasteiger partial charge < -0.3 is 5.73 Å². The van der Waals surface area contributed by atoms with Gasteiger partial charge in [-0.05, 0) is 22.9 Å². The van der Waals surface area contributed by atoms with Gasteiger partial charge in [-0.25, -0.2) is 4.68 Å². The molecule has 0 aliphatic heterocycles. The van der Waals surface area contributed by atoms with Crippen molar-refractivity contribution < 1.29 is 0 Å². The third kappa shape index (κ3) is 2.03. The van der Waals surface area contributed by atoms with Crippen LogP contribution in [0.2, 0.25) is 0 Å². The Morgan fingerprint density at radius 3 is 2.68 bits per heavy atom. The molecule has 2 aromatic heterocycles. The van der Waals surface area contributed by atoms with Crippen molar-refractivity contribution >= 4 is 22.1 Å². The van der Waals surface area contributed by atoms with Crippen molar-refractivity contribution in [2.45, 2.75) is 6.54 Å². The molecule has 2 heterocycles. The summed E-state index contributed by atoms with van der Waals surface area (Å²) in [5, 5.41) is 13.0. The van der Waals surface area contributed by atoms with Gasteiger partial charge >= 0.3 is 0 Å². The van der Waals surface area contributed by atoms with Crippen LogP contribution in [-0.4, -0.2) is 15.0 Å².